The van der Waals surface area contributed by atoms with Crippen LogP contribution in [0.4, 0.5) is 0 Å². The van der Waals surface area contributed by atoms with Crippen LogP contribution in [0.25, 0.3) is 0 Å². The Labute approximate surface area is 73.5 Å². The first-order chi connectivity index (χ1) is 5.75. The Balaban J connectivity index is 2.24. The van der Waals surface area contributed by atoms with Gasteiger partial charge in [-0.2, -0.15) is 4.98 Å². The summed E-state index contributed by atoms with van der Waals surface area (Å²) in [5.41, 5.74) is 0. The molecule has 1 aliphatic rings. The molecule has 66 valence electrons. The summed E-state index contributed by atoms with van der Waals surface area (Å²) in [6, 6.07) is 0. The minimum atomic E-state index is 0.141. The van der Waals surface area contributed by atoms with Gasteiger partial charge in [-0.3, -0.25) is 4.67 Å². The number of aromatic nitrogens is 2. The first-order valence-electron chi connectivity index (χ1n) is 4.00. The van der Waals surface area contributed by atoms with E-state index >= 15 is 0 Å². The molecule has 2 heterocycles. The molecule has 0 saturated carbocycles. The molecule has 12 heavy (non-hydrogen) atoms. The molecule has 0 radical (unpaired) electrons. The van der Waals surface area contributed by atoms with Crippen molar-refractivity contribution in [2.45, 2.75) is 13.0 Å². The van der Waals surface area contributed by atoms with Crippen molar-refractivity contribution < 1.29 is 5.11 Å². The molecule has 1 atom stereocenters. The zero-order chi connectivity index (χ0) is 8.55. The summed E-state index contributed by atoms with van der Waals surface area (Å²) in [5, 5.41) is 9.13. The van der Waals surface area contributed by atoms with Gasteiger partial charge in [-0.15, -0.1) is 0 Å². The van der Waals surface area contributed by atoms with Gasteiger partial charge in [0.05, 0.1) is 6.20 Å². The quantitative estimate of drug-likeness (QED) is 0.588. The molecule has 5 heteroatoms. The van der Waals surface area contributed by atoms with Crippen LogP contribution in [0.2, 0.25) is 0 Å². The van der Waals surface area contributed by atoms with Gasteiger partial charge < -0.3 is 9.67 Å². The maximum Gasteiger partial charge on any atom is 0.229 e. The molecular formula is C7H12N3OP. The average molecular weight is 185 g/mol. The molecule has 1 N–H and O–H groups in total. The Hall–Kier alpha value is -0.600. The van der Waals surface area contributed by atoms with E-state index in [2.05, 4.69) is 19.0 Å². The van der Waals surface area contributed by atoms with Gasteiger partial charge in [0.15, 0.2) is 0 Å². The van der Waals surface area contributed by atoms with Gasteiger partial charge in [0.25, 0.3) is 0 Å². The molecule has 1 aromatic rings. The SMILES string of the molecule is Oc1cn2c(n1)CCN(P)CC2. The molecule has 0 aromatic carbocycles. The summed E-state index contributed by atoms with van der Waals surface area (Å²) in [5.74, 6) is 1.12. The Bertz CT molecular complexity index is 261. The minimum absolute atomic E-state index is 0.141. The number of rotatable bonds is 0. The predicted molar refractivity (Wildman–Crippen MR) is 48.9 cm³/mol. The lowest BCUT2D eigenvalue weighted by atomic mass is 10.4. The molecule has 2 rings (SSSR count). The van der Waals surface area contributed by atoms with Crippen LogP contribution in [-0.2, 0) is 13.0 Å². The van der Waals surface area contributed by atoms with Crippen LogP contribution in [-0.4, -0.2) is 32.4 Å². The van der Waals surface area contributed by atoms with Crippen molar-refractivity contribution in [3.8, 4) is 5.88 Å². The van der Waals surface area contributed by atoms with E-state index in [1.165, 1.54) is 0 Å². The molecule has 1 aromatic heterocycles. The lowest BCUT2D eigenvalue weighted by Crippen LogP contribution is -2.14. The number of hydrogen-bond donors (Lipinski definition) is 1. The fourth-order valence-electron chi connectivity index (χ4n) is 1.42. The largest absolute Gasteiger partial charge is 0.492 e. The lowest BCUT2D eigenvalue weighted by molar-refractivity contribution is 0.445. The molecule has 0 spiro atoms. The smallest absolute Gasteiger partial charge is 0.229 e. The van der Waals surface area contributed by atoms with Gasteiger partial charge >= 0.3 is 0 Å². The summed E-state index contributed by atoms with van der Waals surface area (Å²) in [6.45, 7) is 2.89. The van der Waals surface area contributed by atoms with E-state index in [-0.39, 0.29) is 5.88 Å². The highest BCUT2D eigenvalue weighted by Gasteiger charge is 2.12. The van der Waals surface area contributed by atoms with Crippen molar-refractivity contribution in [1.82, 2.24) is 14.2 Å². The standard InChI is InChI=1S/C7H12N3OP/c11-7-5-9-3-4-10(12)2-1-6(9)8-7/h5,11H,1-4,12H2. The number of aromatic hydroxyl groups is 1. The second-order valence-corrected chi connectivity index (χ2v) is 3.72. The Kier molecular flexibility index (Phi) is 2.03. The predicted octanol–water partition coefficient (Wildman–Crippen LogP) is 0.237. The third kappa shape index (κ3) is 1.45. The second-order valence-electron chi connectivity index (χ2n) is 2.99. The summed E-state index contributed by atoms with van der Waals surface area (Å²) >= 11 is 0. The number of hydrogen-bond acceptors (Lipinski definition) is 3. The van der Waals surface area contributed by atoms with Gasteiger partial charge in [-0.05, 0) is 0 Å². The van der Waals surface area contributed by atoms with Crippen LogP contribution in [0.5, 0.6) is 5.88 Å². The third-order valence-corrected chi connectivity index (χ3v) is 2.61. The van der Waals surface area contributed by atoms with Crippen LogP contribution >= 0.6 is 9.39 Å². The normalized spacial score (nSPS) is 18.8. The summed E-state index contributed by atoms with van der Waals surface area (Å²) in [7, 11) is 2.69. The van der Waals surface area contributed by atoms with Crippen LogP contribution in [0, 0.1) is 0 Å². The van der Waals surface area contributed by atoms with E-state index in [4.69, 9.17) is 5.11 Å². The monoisotopic (exact) mass is 185 g/mol. The zero-order valence-electron chi connectivity index (χ0n) is 6.77. The van der Waals surface area contributed by atoms with E-state index in [0.717, 1.165) is 31.9 Å². The van der Waals surface area contributed by atoms with Gasteiger partial charge in [0.2, 0.25) is 5.88 Å². The van der Waals surface area contributed by atoms with E-state index in [1.807, 2.05) is 4.57 Å². The Morgan fingerprint density at radius 1 is 1.42 bits per heavy atom. The van der Waals surface area contributed by atoms with Crippen LogP contribution < -0.4 is 0 Å². The van der Waals surface area contributed by atoms with Crippen molar-refractivity contribution in [3.63, 3.8) is 0 Å². The van der Waals surface area contributed by atoms with Crippen LogP contribution in [0.1, 0.15) is 5.82 Å². The second kappa shape index (κ2) is 3.04. The van der Waals surface area contributed by atoms with Gasteiger partial charge in [0, 0.05) is 26.1 Å². The molecule has 0 amide bonds. The Morgan fingerprint density at radius 3 is 3.08 bits per heavy atom. The topological polar surface area (TPSA) is 41.3 Å². The molecule has 1 unspecified atom stereocenters. The van der Waals surface area contributed by atoms with Gasteiger partial charge in [-0.1, -0.05) is 9.39 Å². The highest BCUT2D eigenvalue weighted by Crippen LogP contribution is 2.14. The first-order valence-corrected chi connectivity index (χ1v) is 4.52. The van der Waals surface area contributed by atoms with Crippen LogP contribution in [0.15, 0.2) is 6.20 Å². The molecule has 0 bridgehead atoms. The third-order valence-electron chi connectivity index (χ3n) is 2.10. The first kappa shape index (κ1) is 8.02. The van der Waals surface area contributed by atoms with E-state index in [1.54, 1.807) is 6.20 Å². The summed E-state index contributed by atoms with van der Waals surface area (Å²) < 4.78 is 4.20. The van der Waals surface area contributed by atoms with E-state index in [0.29, 0.717) is 0 Å². The molecule has 4 nitrogen and oxygen atoms in total. The van der Waals surface area contributed by atoms with Crippen molar-refractivity contribution in [3.05, 3.63) is 12.0 Å². The number of nitrogens with zero attached hydrogens (tertiary/aromatic N) is 3. The maximum atomic E-state index is 9.13. The summed E-state index contributed by atoms with van der Waals surface area (Å²) in [6.07, 6.45) is 2.60. The van der Waals surface area contributed by atoms with Crippen molar-refractivity contribution in [2.24, 2.45) is 0 Å². The molecule has 0 fully saturated rings. The fraction of sp³-hybridized carbons (Fsp3) is 0.571. The fourth-order valence-corrected chi connectivity index (χ4v) is 1.67. The lowest BCUT2D eigenvalue weighted by Gasteiger charge is -2.10. The van der Waals surface area contributed by atoms with Crippen molar-refractivity contribution >= 4 is 9.39 Å². The van der Waals surface area contributed by atoms with Crippen molar-refractivity contribution in [2.75, 3.05) is 13.1 Å². The molecule has 0 saturated heterocycles. The molecule has 0 aliphatic carbocycles. The van der Waals surface area contributed by atoms with E-state index < -0.39 is 0 Å². The summed E-state index contributed by atoms with van der Waals surface area (Å²) in [4.78, 5) is 4.03. The molecule has 1 aliphatic heterocycles. The zero-order valence-corrected chi connectivity index (χ0v) is 7.93. The average Bonchev–Trinajstić information content (AvgIpc) is 2.31. The number of imidazole rings is 1. The Morgan fingerprint density at radius 2 is 2.25 bits per heavy atom. The van der Waals surface area contributed by atoms with Crippen molar-refractivity contribution in [1.29, 1.82) is 0 Å². The van der Waals surface area contributed by atoms with Gasteiger partial charge in [0.1, 0.15) is 5.82 Å². The van der Waals surface area contributed by atoms with Gasteiger partial charge in [-0.25, -0.2) is 0 Å². The number of fused-ring (bicyclic) bond motifs is 1. The highest BCUT2D eigenvalue weighted by molar-refractivity contribution is 7.13. The minimum Gasteiger partial charge on any atom is -0.492 e. The maximum absolute atomic E-state index is 9.13. The highest BCUT2D eigenvalue weighted by atomic mass is 31.0. The van der Waals surface area contributed by atoms with Crippen LogP contribution in [0.3, 0.4) is 0 Å². The molecular weight excluding hydrogens is 173 g/mol. The van der Waals surface area contributed by atoms with E-state index in [9.17, 15) is 0 Å².